The van der Waals surface area contributed by atoms with Gasteiger partial charge in [0.05, 0.1) is 18.9 Å². The van der Waals surface area contributed by atoms with E-state index in [4.69, 9.17) is 14.6 Å². The second kappa shape index (κ2) is 6.99. The van der Waals surface area contributed by atoms with Gasteiger partial charge in [-0.15, -0.1) is 0 Å². The van der Waals surface area contributed by atoms with Crippen LogP contribution in [0.15, 0.2) is 65.8 Å². The number of ether oxygens (including phenoxy) is 2. The third-order valence-electron chi connectivity index (χ3n) is 7.06. The van der Waals surface area contributed by atoms with E-state index >= 15 is 0 Å². The molecule has 1 saturated heterocycles. The van der Waals surface area contributed by atoms with Gasteiger partial charge in [-0.05, 0) is 35.5 Å². The van der Waals surface area contributed by atoms with Crippen LogP contribution in [-0.4, -0.2) is 48.6 Å². The van der Waals surface area contributed by atoms with Crippen molar-refractivity contribution >= 4 is 16.5 Å². The maximum atomic E-state index is 6.77. The number of rotatable bonds is 2. The smallest absolute Gasteiger partial charge is 0.200 e. The summed E-state index contributed by atoms with van der Waals surface area (Å²) in [7, 11) is 3.90. The second-order valence-corrected chi connectivity index (χ2v) is 8.90. The lowest BCUT2D eigenvalue weighted by Crippen LogP contribution is -2.58. The number of hydrogen-bond donors (Lipinski definition) is 0. The van der Waals surface area contributed by atoms with Gasteiger partial charge in [0.25, 0.3) is 0 Å². The molecule has 31 heavy (non-hydrogen) atoms. The molecule has 1 spiro atoms. The van der Waals surface area contributed by atoms with E-state index in [-0.39, 0.29) is 6.04 Å². The summed E-state index contributed by atoms with van der Waals surface area (Å²) in [5.41, 5.74) is 3.08. The van der Waals surface area contributed by atoms with Crippen LogP contribution in [-0.2, 0) is 0 Å². The van der Waals surface area contributed by atoms with E-state index in [0.29, 0.717) is 0 Å². The van der Waals surface area contributed by atoms with Gasteiger partial charge in [-0.2, -0.15) is 5.10 Å². The fourth-order valence-corrected chi connectivity index (χ4v) is 5.27. The van der Waals surface area contributed by atoms with Gasteiger partial charge < -0.3 is 14.4 Å². The van der Waals surface area contributed by atoms with Crippen molar-refractivity contribution in [2.45, 2.75) is 31.0 Å². The van der Waals surface area contributed by atoms with Gasteiger partial charge in [0.1, 0.15) is 0 Å². The van der Waals surface area contributed by atoms with Crippen molar-refractivity contribution in [2.75, 3.05) is 27.2 Å². The Morgan fingerprint density at radius 1 is 1.00 bits per heavy atom. The number of methoxy groups -OCH3 is 1. The molecule has 158 valence electrons. The SMILES string of the molecule is COc1cccc2c1OC1(CCN(C)CC1)N1N=C(c3ccc4ccccc4c3)C[C@H]21. The minimum absolute atomic E-state index is 0.170. The standard InChI is InChI=1S/C26H27N3O2/c1-28-14-12-26(13-15-28)29-23(21-8-5-9-24(30-2)25(21)31-26)17-22(27-29)20-11-10-18-6-3-4-7-19(18)16-20/h3-11,16,23H,12-15,17H2,1-2H3/t23-/m1/s1. The molecular formula is C26H27N3O2. The van der Waals surface area contributed by atoms with Gasteiger partial charge >= 0.3 is 0 Å². The van der Waals surface area contributed by atoms with E-state index in [1.165, 1.54) is 21.9 Å². The Balaban J connectivity index is 1.45. The van der Waals surface area contributed by atoms with Gasteiger partial charge in [-0.25, -0.2) is 5.01 Å². The zero-order valence-electron chi connectivity index (χ0n) is 18.0. The Hall–Kier alpha value is -3.05. The lowest BCUT2D eigenvalue weighted by atomic mass is 9.90. The van der Waals surface area contributed by atoms with Gasteiger partial charge in [0.15, 0.2) is 11.5 Å². The van der Waals surface area contributed by atoms with Crippen molar-refractivity contribution in [3.05, 3.63) is 71.8 Å². The quantitative estimate of drug-likeness (QED) is 0.604. The molecule has 1 fully saturated rings. The van der Waals surface area contributed by atoms with E-state index in [9.17, 15) is 0 Å². The van der Waals surface area contributed by atoms with E-state index in [0.717, 1.165) is 49.6 Å². The van der Waals surface area contributed by atoms with Crippen molar-refractivity contribution in [1.29, 1.82) is 0 Å². The first-order valence-electron chi connectivity index (χ1n) is 11.1. The highest BCUT2D eigenvalue weighted by Crippen LogP contribution is 2.52. The van der Waals surface area contributed by atoms with Gasteiger partial charge in [0.2, 0.25) is 5.72 Å². The summed E-state index contributed by atoms with van der Waals surface area (Å²) < 4.78 is 12.5. The summed E-state index contributed by atoms with van der Waals surface area (Å²) >= 11 is 0. The Labute approximate surface area is 182 Å². The van der Waals surface area contributed by atoms with Crippen LogP contribution in [0.1, 0.15) is 36.4 Å². The van der Waals surface area contributed by atoms with Crippen LogP contribution in [0.25, 0.3) is 10.8 Å². The lowest BCUT2D eigenvalue weighted by Gasteiger charge is -2.50. The minimum atomic E-state index is -0.419. The molecule has 0 saturated carbocycles. The summed E-state index contributed by atoms with van der Waals surface area (Å²) in [5, 5.41) is 9.99. The Bertz CT molecular complexity index is 1180. The number of hydrazone groups is 1. The number of benzene rings is 3. The van der Waals surface area contributed by atoms with Gasteiger partial charge in [0, 0.05) is 37.9 Å². The first-order valence-corrected chi connectivity index (χ1v) is 11.1. The highest BCUT2D eigenvalue weighted by molar-refractivity contribution is 6.04. The van der Waals surface area contributed by atoms with Crippen molar-refractivity contribution < 1.29 is 9.47 Å². The van der Waals surface area contributed by atoms with Crippen LogP contribution < -0.4 is 9.47 Å². The van der Waals surface area contributed by atoms with Crippen molar-refractivity contribution in [3.63, 3.8) is 0 Å². The molecule has 0 bridgehead atoms. The van der Waals surface area contributed by atoms with Crippen molar-refractivity contribution in [2.24, 2.45) is 5.10 Å². The zero-order chi connectivity index (χ0) is 21.0. The van der Waals surface area contributed by atoms with Crippen LogP contribution in [0.5, 0.6) is 11.5 Å². The molecule has 0 unspecified atom stereocenters. The fraction of sp³-hybridized carbons (Fsp3) is 0.346. The topological polar surface area (TPSA) is 37.3 Å². The highest BCUT2D eigenvalue weighted by atomic mass is 16.5. The molecule has 0 amide bonds. The average Bonchev–Trinajstić information content (AvgIpc) is 3.27. The Kier molecular flexibility index (Phi) is 4.22. The van der Waals surface area contributed by atoms with Crippen LogP contribution in [0.2, 0.25) is 0 Å². The van der Waals surface area contributed by atoms with E-state index < -0.39 is 5.72 Å². The molecule has 1 atom stereocenters. The van der Waals surface area contributed by atoms with Crippen LogP contribution in [0, 0.1) is 0 Å². The number of piperidine rings is 1. The average molecular weight is 414 g/mol. The molecule has 3 aliphatic rings. The number of nitrogens with zero attached hydrogens (tertiary/aromatic N) is 3. The van der Waals surface area contributed by atoms with Crippen LogP contribution in [0.4, 0.5) is 0 Å². The molecule has 5 nitrogen and oxygen atoms in total. The summed E-state index contributed by atoms with van der Waals surface area (Å²) in [6, 6.07) is 21.6. The maximum absolute atomic E-state index is 6.77. The molecule has 0 radical (unpaired) electrons. The van der Waals surface area contributed by atoms with E-state index in [1.807, 2.05) is 6.07 Å². The minimum Gasteiger partial charge on any atom is -0.493 e. The predicted octanol–water partition coefficient (Wildman–Crippen LogP) is 4.81. The molecule has 3 aromatic rings. The highest BCUT2D eigenvalue weighted by Gasteiger charge is 2.52. The maximum Gasteiger partial charge on any atom is 0.200 e. The molecule has 3 aromatic carbocycles. The molecule has 0 aromatic heterocycles. The lowest BCUT2D eigenvalue weighted by molar-refractivity contribution is -0.148. The summed E-state index contributed by atoms with van der Waals surface area (Å²) in [6.07, 6.45) is 2.72. The van der Waals surface area contributed by atoms with Crippen LogP contribution in [0.3, 0.4) is 0 Å². The first kappa shape index (κ1) is 18.7. The fourth-order valence-electron chi connectivity index (χ4n) is 5.27. The van der Waals surface area contributed by atoms with Crippen LogP contribution >= 0.6 is 0 Å². The predicted molar refractivity (Wildman–Crippen MR) is 123 cm³/mol. The molecule has 3 aliphatic heterocycles. The molecule has 5 heteroatoms. The number of para-hydroxylation sites is 1. The molecular weight excluding hydrogens is 386 g/mol. The number of hydrogen-bond acceptors (Lipinski definition) is 5. The van der Waals surface area contributed by atoms with Gasteiger partial charge in [-0.1, -0.05) is 48.5 Å². The zero-order valence-corrected chi connectivity index (χ0v) is 18.0. The van der Waals surface area contributed by atoms with Crippen molar-refractivity contribution in [3.8, 4) is 11.5 Å². The first-order chi connectivity index (χ1) is 15.2. The Morgan fingerprint density at radius 2 is 1.81 bits per heavy atom. The third-order valence-corrected chi connectivity index (χ3v) is 7.06. The van der Waals surface area contributed by atoms with E-state index in [2.05, 4.69) is 71.6 Å². The summed E-state index contributed by atoms with van der Waals surface area (Å²) in [6.45, 7) is 1.99. The van der Waals surface area contributed by atoms with E-state index in [1.54, 1.807) is 7.11 Å². The summed E-state index contributed by atoms with van der Waals surface area (Å²) in [5.74, 6) is 1.71. The largest absolute Gasteiger partial charge is 0.493 e. The number of likely N-dealkylation sites (tertiary alicyclic amines) is 1. The second-order valence-electron chi connectivity index (χ2n) is 8.90. The monoisotopic (exact) mass is 413 g/mol. The summed E-state index contributed by atoms with van der Waals surface area (Å²) in [4.78, 5) is 2.37. The molecule has 0 N–H and O–H groups in total. The molecule has 0 aliphatic carbocycles. The Morgan fingerprint density at radius 3 is 2.61 bits per heavy atom. The van der Waals surface area contributed by atoms with Crippen molar-refractivity contribution in [1.82, 2.24) is 9.91 Å². The molecule has 3 heterocycles. The number of fused-ring (bicyclic) bond motifs is 5. The molecule has 6 rings (SSSR count). The normalized spacial score (nSPS) is 22.1. The van der Waals surface area contributed by atoms with Gasteiger partial charge in [-0.3, -0.25) is 0 Å². The third kappa shape index (κ3) is 2.91.